The van der Waals surface area contributed by atoms with Crippen LogP contribution >= 0.6 is 22.9 Å². The first kappa shape index (κ1) is 16.4. The van der Waals surface area contributed by atoms with Crippen LogP contribution in [0.25, 0.3) is 6.08 Å². The molecule has 3 nitrogen and oxygen atoms in total. The summed E-state index contributed by atoms with van der Waals surface area (Å²) in [7, 11) is 0. The van der Waals surface area contributed by atoms with Gasteiger partial charge in [-0.1, -0.05) is 60.1 Å². The number of halogens is 1. The number of carbonyl (C=O) groups excluding carboxylic acids is 1. The Morgan fingerprint density at radius 3 is 2.67 bits per heavy atom. The van der Waals surface area contributed by atoms with Crippen LogP contribution in [0.15, 0.2) is 66.9 Å². The molecular weight excluding hydrogens is 340 g/mol. The van der Waals surface area contributed by atoms with E-state index in [4.69, 9.17) is 11.6 Å². The topological polar surface area (TPSA) is 42.0 Å². The van der Waals surface area contributed by atoms with Gasteiger partial charge in [-0.05, 0) is 23.3 Å². The molecule has 0 aliphatic heterocycles. The van der Waals surface area contributed by atoms with Crippen molar-refractivity contribution in [3.8, 4) is 0 Å². The lowest BCUT2D eigenvalue weighted by Gasteiger charge is -2.00. The molecule has 0 bridgehead atoms. The van der Waals surface area contributed by atoms with Crippen molar-refractivity contribution in [3.63, 3.8) is 0 Å². The second-order valence-corrected chi connectivity index (χ2v) is 6.66. The highest BCUT2D eigenvalue weighted by atomic mass is 35.5. The number of rotatable bonds is 5. The molecule has 0 aliphatic carbocycles. The maximum atomic E-state index is 12.0. The average molecular weight is 355 g/mol. The van der Waals surface area contributed by atoms with Gasteiger partial charge in [-0.3, -0.25) is 10.1 Å². The zero-order valence-corrected chi connectivity index (χ0v) is 14.3. The minimum Gasteiger partial charge on any atom is -0.298 e. The highest BCUT2D eigenvalue weighted by Crippen LogP contribution is 2.24. The van der Waals surface area contributed by atoms with Gasteiger partial charge < -0.3 is 0 Å². The number of anilines is 1. The van der Waals surface area contributed by atoms with E-state index in [1.807, 2.05) is 54.6 Å². The van der Waals surface area contributed by atoms with Gasteiger partial charge in [0.15, 0.2) is 5.13 Å². The molecule has 3 rings (SSSR count). The smallest absolute Gasteiger partial charge is 0.250 e. The highest BCUT2D eigenvalue weighted by Gasteiger charge is 2.07. The molecule has 3 aromatic rings. The zero-order valence-electron chi connectivity index (χ0n) is 12.8. The van der Waals surface area contributed by atoms with Crippen molar-refractivity contribution in [2.75, 3.05) is 5.32 Å². The Bertz CT molecular complexity index is 859. The van der Waals surface area contributed by atoms with Crippen LogP contribution in [-0.4, -0.2) is 10.9 Å². The summed E-state index contributed by atoms with van der Waals surface area (Å²) in [5, 5.41) is 4.10. The quantitative estimate of drug-likeness (QED) is 0.652. The minimum absolute atomic E-state index is 0.197. The van der Waals surface area contributed by atoms with Crippen LogP contribution < -0.4 is 5.32 Å². The van der Waals surface area contributed by atoms with Gasteiger partial charge in [0.2, 0.25) is 5.91 Å². The van der Waals surface area contributed by atoms with E-state index in [2.05, 4.69) is 10.3 Å². The van der Waals surface area contributed by atoms with Gasteiger partial charge in [0.05, 0.1) is 0 Å². The summed E-state index contributed by atoms with van der Waals surface area (Å²) < 4.78 is 0. The minimum atomic E-state index is -0.197. The summed E-state index contributed by atoms with van der Waals surface area (Å²) in [4.78, 5) is 17.2. The molecular formula is C19H15ClN2OS. The predicted octanol–water partition coefficient (Wildman–Crippen LogP) is 5.04. The van der Waals surface area contributed by atoms with Crippen LogP contribution in [0, 0.1) is 0 Å². The number of nitrogens with one attached hydrogen (secondary N) is 1. The summed E-state index contributed by atoms with van der Waals surface area (Å²) in [5.74, 6) is -0.197. The van der Waals surface area contributed by atoms with Crippen molar-refractivity contribution in [2.45, 2.75) is 6.42 Å². The number of thiazole rings is 1. The maximum Gasteiger partial charge on any atom is 0.250 e. The van der Waals surface area contributed by atoms with E-state index < -0.39 is 0 Å². The standard InChI is InChI=1S/C19H15ClN2OS/c20-17-9-5-4-8-15(17)12-16-13-21-19(24-16)22-18(23)11-10-14-6-2-1-3-7-14/h1-11,13H,12H2,(H,21,22,23). The van der Waals surface area contributed by atoms with Crippen molar-refractivity contribution in [1.29, 1.82) is 0 Å². The second kappa shape index (κ2) is 7.90. The van der Waals surface area contributed by atoms with Crippen LogP contribution in [-0.2, 0) is 11.2 Å². The molecule has 1 heterocycles. The summed E-state index contributed by atoms with van der Waals surface area (Å²) in [6, 6.07) is 17.4. The van der Waals surface area contributed by atoms with E-state index in [9.17, 15) is 4.79 Å². The van der Waals surface area contributed by atoms with Crippen LogP contribution in [0.1, 0.15) is 16.0 Å². The largest absolute Gasteiger partial charge is 0.298 e. The first-order chi connectivity index (χ1) is 11.7. The third kappa shape index (κ3) is 4.54. The predicted molar refractivity (Wildman–Crippen MR) is 100 cm³/mol. The Kier molecular flexibility index (Phi) is 5.41. The van der Waals surface area contributed by atoms with E-state index in [-0.39, 0.29) is 5.91 Å². The number of hydrogen-bond acceptors (Lipinski definition) is 3. The molecule has 0 radical (unpaired) electrons. The van der Waals surface area contributed by atoms with E-state index in [1.165, 1.54) is 17.4 Å². The van der Waals surface area contributed by atoms with E-state index in [0.29, 0.717) is 11.6 Å². The summed E-state index contributed by atoms with van der Waals surface area (Å²) >= 11 is 7.62. The zero-order chi connectivity index (χ0) is 16.8. The van der Waals surface area contributed by atoms with E-state index in [0.717, 1.165) is 21.0 Å². The Hall–Kier alpha value is -2.43. The van der Waals surface area contributed by atoms with Crippen molar-refractivity contribution in [1.82, 2.24) is 4.98 Å². The molecule has 0 spiro atoms. The number of hydrogen-bond donors (Lipinski definition) is 1. The van der Waals surface area contributed by atoms with Crippen LogP contribution in [0.5, 0.6) is 0 Å². The van der Waals surface area contributed by atoms with Crippen LogP contribution in [0.2, 0.25) is 5.02 Å². The third-order valence-electron chi connectivity index (χ3n) is 3.33. The van der Waals surface area contributed by atoms with Crippen LogP contribution in [0.3, 0.4) is 0 Å². The van der Waals surface area contributed by atoms with Gasteiger partial charge in [0.1, 0.15) is 0 Å². The number of aromatic nitrogens is 1. The fraction of sp³-hybridized carbons (Fsp3) is 0.0526. The summed E-state index contributed by atoms with van der Waals surface area (Å²) in [6.07, 6.45) is 5.75. The Morgan fingerprint density at radius 1 is 1.12 bits per heavy atom. The summed E-state index contributed by atoms with van der Waals surface area (Å²) in [6.45, 7) is 0. The lowest BCUT2D eigenvalue weighted by Crippen LogP contribution is -2.06. The average Bonchev–Trinajstić information content (AvgIpc) is 3.03. The first-order valence-corrected chi connectivity index (χ1v) is 8.62. The SMILES string of the molecule is O=C(C=Cc1ccccc1)Nc1ncc(Cc2ccccc2Cl)s1. The molecule has 120 valence electrons. The molecule has 0 saturated heterocycles. The van der Waals surface area contributed by atoms with Crippen molar-refractivity contribution in [3.05, 3.63) is 87.9 Å². The van der Waals surface area contributed by atoms with Crippen LogP contribution in [0.4, 0.5) is 5.13 Å². The number of benzene rings is 2. The first-order valence-electron chi connectivity index (χ1n) is 7.43. The fourth-order valence-corrected chi connectivity index (χ4v) is 3.20. The van der Waals surface area contributed by atoms with Crippen molar-refractivity contribution < 1.29 is 4.79 Å². The molecule has 24 heavy (non-hydrogen) atoms. The van der Waals surface area contributed by atoms with Gasteiger partial charge in [0, 0.05) is 28.6 Å². The monoisotopic (exact) mass is 354 g/mol. The number of carbonyl (C=O) groups is 1. The van der Waals surface area contributed by atoms with Crippen molar-refractivity contribution in [2.24, 2.45) is 0 Å². The Labute approximate surface area is 149 Å². The lowest BCUT2D eigenvalue weighted by molar-refractivity contribution is -0.111. The molecule has 0 unspecified atom stereocenters. The van der Waals surface area contributed by atoms with Gasteiger partial charge >= 0.3 is 0 Å². The molecule has 0 atom stereocenters. The lowest BCUT2D eigenvalue weighted by atomic mass is 10.1. The third-order valence-corrected chi connectivity index (χ3v) is 4.61. The van der Waals surface area contributed by atoms with Crippen molar-refractivity contribution >= 4 is 40.1 Å². The normalized spacial score (nSPS) is 10.9. The number of amides is 1. The summed E-state index contributed by atoms with van der Waals surface area (Å²) in [5.41, 5.74) is 2.02. The molecule has 0 aliphatic rings. The molecule has 1 aromatic heterocycles. The Balaban J connectivity index is 1.61. The van der Waals surface area contributed by atoms with Gasteiger partial charge in [-0.25, -0.2) is 4.98 Å². The van der Waals surface area contributed by atoms with Gasteiger partial charge in [-0.15, -0.1) is 11.3 Å². The Morgan fingerprint density at radius 2 is 1.88 bits per heavy atom. The molecule has 1 N–H and O–H groups in total. The maximum absolute atomic E-state index is 12.0. The number of nitrogens with zero attached hydrogens (tertiary/aromatic N) is 1. The molecule has 0 fully saturated rings. The van der Waals surface area contributed by atoms with E-state index >= 15 is 0 Å². The second-order valence-electron chi connectivity index (χ2n) is 5.13. The van der Waals surface area contributed by atoms with E-state index in [1.54, 1.807) is 12.3 Å². The molecule has 0 saturated carbocycles. The fourth-order valence-electron chi connectivity index (χ4n) is 2.16. The van der Waals surface area contributed by atoms with Gasteiger partial charge in [0.25, 0.3) is 0 Å². The molecule has 5 heteroatoms. The van der Waals surface area contributed by atoms with Gasteiger partial charge in [-0.2, -0.15) is 0 Å². The highest BCUT2D eigenvalue weighted by molar-refractivity contribution is 7.15. The molecule has 2 aromatic carbocycles. The molecule has 1 amide bonds.